The molecule has 0 saturated carbocycles. The molecular formula is C36H32N3OPt-. The van der Waals surface area contributed by atoms with Crippen molar-refractivity contribution >= 4 is 11.0 Å². The molecule has 0 fully saturated rings. The maximum absolute atomic E-state index is 10.5. The molecule has 6 rings (SSSR count). The van der Waals surface area contributed by atoms with Crippen LogP contribution in [-0.2, 0) is 21.1 Å². The number of para-hydroxylation sites is 3. The summed E-state index contributed by atoms with van der Waals surface area (Å²) in [5.41, 5.74) is 9.77. The third-order valence-electron chi connectivity index (χ3n) is 7.41. The molecule has 0 radical (unpaired) electrons. The van der Waals surface area contributed by atoms with Crippen LogP contribution in [0.15, 0.2) is 103 Å². The molecule has 41 heavy (non-hydrogen) atoms. The molecule has 4 aromatic carbocycles. The number of hydrogen-bond acceptors (Lipinski definition) is 3. The van der Waals surface area contributed by atoms with E-state index in [1.54, 1.807) is 6.07 Å². The first-order valence-corrected chi connectivity index (χ1v) is 13.8. The van der Waals surface area contributed by atoms with E-state index in [0.717, 1.165) is 39.4 Å². The van der Waals surface area contributed by atoms with Crippen LogP contribution in [-0.4, -0.2) is 19.6 Å². The van der Waals surface area contributed by atoms with Crippen molar-refractivity contribution in [3.63, 3.8) is 0 Å². The van der Waals surface area contributed by atoms with Gasteiger partial charge in [-0.3, -0.25) is 4.98 Å². The van der Waals surface area contributed by atoms with Gasteiger partial charge >= 0.3 is 0 Å². The minimum atomic E-state index is 0. The number of imidazole rings is 1. The Bertz CT molecular complexity index is 1800. The predicted octanol–water partition coefficient (Wildman–Crippen LogP) is 9.17. The molecule has 1 N–H and O–H groups in total. The summed E-state index contributed by atoms with van der Waals surface area (Å²) in [7, 11) is 0. The van der Waals surface area contributed by atoms with Crippen LogP contribution in [0.5, 0.6) is 5.75 Å². The van der Waals surface area contributed by atoms with E-state index in [1.807, 2.05) is 54.6 Å². The van der Waals surface area contributed by atoms with Crippen LogP contribution in [0, 0.1) is 6.07 Å². The summed E-state index contributed by atoms with van der Waals surface area (Å²) in [4.78, 5) is 10.3. The van der Waals surface area contributed by atoms with E-state index in [9.17, 15) is 5.11 Å². The molecule has 0 bridgehead atoms. The van der Waals surface area contributed by atoms with Gasteiger partial charge in [0.15, 0.2) is 0 Å². The number of benzene rings is 4. The third-order valence-corrected chi connectivity index (χ3v) is 7.41. The molecule has 0 amide bonds. The van der Waals surface area contributed by atoms with Gasteiger partial charge in [-0.2, -0.15) is 0 Å². The molecule has 2 aromatic heterocycles. The van der Waals surface area contributed by atoms with E-state index >= 15 is 0 Å². The van der Waals surface area contributed by atoms with Gasteiger partial charge < -0.3 is 9.67 Å². The van der Waals surface area contributed by atoms with Crippen molar-refractivity contribution < 1.29 is 26.2 Å². The van der Waals surface area contributed by atoms with Crippen LogP contribution < -0.4 is 0 Å². The van der Waals surface area contributed by atoms with E-state index < -0.39 is 0 Å². The smallest absolute Gasteiger partial charge is 0.124 e. The molecule has 6 aromatic rings. The van der Waals surface area contributed by atoms with Gasteiger partial charge in [0.25, 0.3) is 0 Å². The van der Waals surface area contributed by atoms with Crippen molar-refractivity contribution in [2.24, 2.45) is 0 Å². The molecule has 2 heterocycles. The maximum atomic E-state index is 10.5. The Hall–Kier alpha value is -4.01. The number of nitrogens with zero attached hydrogens (tertiary/aromatic N) is 3. The van der Waals surface area contributed by atoms with Crippen LogP contribution >= 0.6 is 0 Å². The fourth-order valence-corrected chi connectivity index (χ4v) is 5.44. The SMILES string of the molecule is CC(C)c1cccc(C(C)C)c1-n1c(-c2[c-]cccc2)nc2c(-c3cccc(-c4ccccc4O)n3)cccc21.[Pt]. The summed E-state index contributed by atoms with van der Waals surface area (Å²) in [6, 6.07) is 37.6. The normalized spacial score (nSPS) is 11.3. The molecule has 0 spiro atoms. The van der Waals surface area contributed by atoms with Gasteiger partial charge in [0.1, 0.15) is 5.75 Å². The summed E-state index contributed by atoms with van der Waals surface area (Å²) in [5.74, 6) is 1.73. The number of phenols is 1. The van der Waals surface area contributed by atoms with E-state index in [1.165, 1.54) is 16.8 Å². The average Bonchev–Trinajstić information content (AvgIpc) is 3.37. The first kappa shape index (κ1) is 28.5. The average molecular weight is 718 g/mol. The van der Waals surface area contributed by atoms with Crippen molar-refractivity contribution in [3.05, 3.63) is 120 Å². The van der Waals surface area contributed by atoms with Crippen molar-refractivity contribution in [2.75, 3.05) is 0 Å². The van der Waals surface area contributed by atoms with E-state index in [-0.39, 0.29) is 26.8 Å². The molecule has 5 heteroatoms. The summed E-state index contributed by atoms with van der Waals surface area (Å²) in [6.45, 7) is 8.98. The molecule has 0 aliphatic rings. The number of rotatable bonds is 6. The summed E-state index contributed by atoms with van der Waals surface area (Å²) < 4.78 is 2.32. The first-order chi connectivity index (χ1) is 19.4. The Morgan fingerprint density at radius 2 is 1.27 bits per heavy atom. The Morgan fingerprint density at radius 3 is 1.93 bits per heavy atom. The second kappa shape index (κ2) is 11.8. The van der Waals surface area contributed by atoms with Gasteiger partial charge in [0, 0.05) is 37.9 Å². The monoisotopic (exact) mass is 717 g/mol. The van der Waals surface area contributed by atoms with Crippen LogP contribution in [0.1, 0.15) is 50.7 Å². The van der Waals surface area contributed by atoms with Crippen molar-refractivity contribution in [2.45, 2.75) is 39.5 Å². The Balaban J connectivity index is 0.00000337. The molecule has 208 valence electrons. The zero-order valence-corrected chi connectivity index (χ0v) is 25.8. The van der Waals surface area contributed by atoms with Gasteiger partial charge in [0.2, 0.25) is 0 Å². The Labute approximate surface area is 256 Å². The minimum absolute atomic E-state index is 0. The molecule has 4 nitrogen and oxygen atoms in total. The zero-order chi connectivity index (χ0) is 27.8. The van der Waals surface area contributed by atoms with Gasteiger partial charge in [-0.25, -0.2) is 4.98 Å². The molecule has 0 saturated heterocycles. The minimum Gasteiger partial charge on any atom is -0.507 e. The van der Waals surface area contributed by atoms with Gasteiger partial charge in [-0.05, 0) is 53.3 Å². The zero-order valence-electron chi connectivity index (χ0n) is 23.6. The van der Waals surface area contributed by atoms with Crippen LogP contribution in [0.3, 0.4) is 0 Å². The Kier molecular flexibility index (Phi) is 8.24. The number of aromatic hydroxyl groups is 1. The van der Waals surface area contributed by atoms with E-state index in [4.69, 9.17) is 9.97 Å². The fourth-order valence-electron chi connectivity index (χ4n) is 5.44. The predicted molar refractivity (Wildman–Crippen MR) is 164 cm³/mol. The van der Waals surface area contributed by atoms with Crippen molar-refractivity contribution in [1.29, 1.82) is 0 Å². The largest absolute Gasteiger partial charge is 0.507 e. The van der Waals surface area contributed by atoms with Crippen LogP contribution in [0.2, 0.25) is 0 Å². The molecule has 0 aliphatic heterocycles. The number of aromatic nitrogens is 3. The van der Waals surface area contributed by atoms with Gasteiger partial charge in [-0.1, -0.05) is 76.2 Å². The molecule has 0 unspecified atom stereocenters. The second-order valence-corrected chi connectivity index (χ2v) is 10.7. The summed E-state index contributed by atoms with van der Waals surface area (Å²) in [6.07, 6.45) is 0. The summed E-state index contributed by atoms with van der Waals surface area (Å²) in [5, 5.41) is 10.5. The topological polar surface area (TPSA) is 50.9 Å². The van der Waals surface area contributed by atoms with Crippen LogP contribution in [0.25, 0.3) is 50.6 Å². The van der Waals surface area contributed by atoms with E-state index in [0.29, 0.717) is 17.4 Å². The second-order valence-electron chi connectivity index (χ2n) is 10.7. The Morgan fingerprint density at radius 1 is 0.659 bits per heavy atom. The standard InChI is InChI=1S/C36H32N3O.Pt/c1-23(2)26-16-10-17-27(24(3)4)35(26)39-32-21-11-18-29(34(32)38-36(39)25-13-6-5-7-14-25)31-20-12-19-30(37-31)28-15-8-9-22-33(28)40;/h5-13,15-24,40H,1-4H3;/q-1;. The van der Waals surface area contributed by atoms with Crippen molar-refractivity contribution in [1.82, 2.24) is 14.5 Å². The van der Waals surface area contributed by atoms with E-state index in [2.05, 4.69) is 80.8 Å². The molecular weight excluding hydrogens is 685 g/mol. The molecule has 0 atom stereocenters. The summed E-state index contributed by atoms with van der Waals surface area (Å²) >= 11 is 0. The number of hydrogen-bond donors (Lipinski definition) is 1. The van der Waals surface area contributed by atoms with Crippen LogP contribution in [0.4, 0.5) is 0 Å². The number of phenolic OH excluding ortho intramolecular Hbond substituents is 1. The number of pyridine rings is 1. The van der Waals surface area contributed by atoms with Crippen molar-refractivity contribution in [3.8, 4) is 45.3 Å². The molecule has 0 aliphatic carbocycles. The fraction of sp³-hybridized carbons (Fsp3) is 0.167. The maximum Gasteiger partial charge on any atom is 0.124 e. The number of fused-ring (bicyclic) bond motifs is 1. The van der Waals surface area contributed by atoms with Gasteiger partial charge in [-0.15, -0.1) is 35.9 Å². The quantitative estimate of drug-likeness (QED) is 0.175. The first-order valence-electron chi connectivity index (χ1n) is 13.8. The van der Waals surface area contributed by atoms with Gasteiger partial charge in [0.05, 0.1) is 28.2 Å². The third kappa shape index (κ3) is 5.25.